The van der Waals surface area contributed by atoms with Crippen molar-refractivity contribution in [3.8, 4) is 28.0 Å². The molecule has 0 aliphatic heterocycles. The number of aryl methyl sites for hydroxylation is 4. The van der Waals surface area contributed by atoms with Gasteiger partial charge in [-0.05, 0) is 102 Å². The largest absolute Gasteiger partial charge is 0.507 e. The van der Waals surface area contributed by atoms with Gasteiger partial charge in [0.25, 0.3) is 0 Å². The van der Waals surface area contributed by atoms with Crippen LogP contribution in [-0.2, 0) is 25.7 Å². The van der Waals surface area contributed by atoms with Crippen LogP contribution in [0.2, 0.25) is 0 Å². The molecule has 0 saturated heterocycles. The Hall–Kier alpha value is -2.62. The van der Waals surface area contributed by atoms with Gasteiger partial charge >= 0.3 is 0 Å². The number of benzene rings is 3. The molecule has 0 aliphatic rings. The zero-order valence-electron chi connectivity index (χ0n) is 20.8. The van der Waals surface area contributed by atoms with Crippen molar-refractivity contribution in [1.82, 2.24) is 0 Å². The van der Waals surface area contributed by atoms with Crippen LogP contribution < -0.4 is 0 Å². The second kappa shape index (κ2) is 13.3. The fourth-order valence-electron chi connectivity index (χ4n) is 4.63. The van der Waals surface area contributed by atoms with Gasteiger partial charge in [-0.2, -0.15) is 0 Å². The molecule has 182 valence electrons. The Morgan fingerprint density at radius 1 is 0.588 bits per heavy atom. The van der Waals surface area contributed by atoms with Crippen molar-refractivity contribution in [3.05, 3.63) is 76.9 Å². The van der Waals surface area contributed by atoms with Gasteiger partial charge in [-0.1, -0.05) is 69.2 Å². The normalized spacial score (nSPS) is 11.2. The monoisotopic (exact) mass is 460 g/mol. The molecule has 0 spiro atoms. The van der Waals surface area contributed by atoms with Gasteiger partial charge in [-0.15, -0.1) is 0 Å². The van der Waals surface area contributed by atoms with Crippen LogP contribution in [0.3, 0.4) is 0 Å². The van der Waals surface area contributed by atoms with Crippen molar-refractivity contribution < 1.29 is 15.3 Å². The van der Waals surface area contributed by atoms with Gasteiger partial charge in [-0.3, -0.25) is 0 Å². The quantitative estimate of drug-likeness (QED) is 0.244. The summed E-state index contributed by atoms with van der Waals surface area (Å²) in [6.45, 7) is 4.62. The average Bonchev–Trinajstić information content (AvgIpc) is 2.87. The molecular weight excluding hydrogens is 420 g/mol. The highest BCUT2D eigenvalue weighted by Crippen LogP contribution is 2.35. The smallest absolute Gasteiger partial charge is 0.121 e. The summed E-state index contributed by atoms with van der Waals surface area (Å²) in [5.74, 6) is 0.305. The number of hydrogen-bond donors (Lipinski definition) is 3. The molecule has 3 aromatic rings. The molecule has 3 rings (SSSR count). The van der Waals surface area contributed by atoms with Crippen molar-refractivity contribution in [1.29, 1.82) is 0 Å². The zero-order valence-corrected chi connectivity index (χ0v) is 20.8. The number of aliphatic hydroxyl groups excluding tert-OH is 2. The maximum absolute atomic E-state index is 10.8. The van der Waals surface area contributed by atoms with E-state index in [2.05, 4.69) is 68.4 Å². The molecule has 0 unspecified atom stereocenters. The number of aliphatic hydroxyl groups is 2. The lowest BCUT2D eigenvalue weighted by Gasteiger charge is -2.16. The number of rotatable bonds is 13. The molecule has 0 bridgehead atoms. The minimum Gasteiger partial charge on any atom is -0.507 e. The van der Waals surface area contributed by atoms with Crippen molar-refractivity contribution in [2.24, 2.45) is 0 Å². The summed E-state index contributed by atoms with van der Waals surface area (Å²) in [6, 6.07) is 19.8. The third-order valence-electron chi connectivity index (χ3n) is 6.63. The third kappa shape index (κ3) is 6.71. The van der Waals surface area contributed by atoms with Crippen LogP contribution >= 0.6 is 0 Å². The van der Waals surface area contributed by atoms with Crippen molar-refractivity contribution in [3.63, 3.8) is 0 Å². The Labute approximate surface area is 205 Å². The topological polar surface area (TPSA) is 60.7 Å². The molecule has 3 N–H and O–H groups in total. The van der Waals surface area contributed by atoms with Crippen LogP contribution in [-0.4, -0.2) is 28.5 Å². The van der Waals surface area contributed by atoms with Crippen molar-refractivity contribution >= 4 is 0 Å². The van der Waals surface area contributed by atoms with Crippen LogP contribution in [0.25, 0.3) is 22.3 Å². The molecule has 0 heterocycles. The Bertz CT molecular complexity index is 1010. The van der Waals surface area contributed by atoms with E-state index in [1.54, 1.807) is 0 Å². The summed E-state index contributed by atoms with van der Waals surface area (Å²) in [7, 11) is 0. The average molecular weight is 461 g/mol. The van der Waals surface area contributed by atoms with E-state index in [4.69, 9.17) is 0 Å². The molecule has 0 aliphatic carbocycles. The highest BCUT2D eigenvalue weighted by Gasteiger charge is 2.14. The summed E-state index contributed by atoms with van der Waals surface area (Å²) < 4.78 is 0. The Kier molecular flexibility index (Phi) is 10.2. The number of aromatic hydroxyl groups is 1. The first-order valence-electron chi connectivity index (χ1n) is 12.9. The van der Waals surface area contributed by atoms with Gasteiger partial charge < -0.3 is 15.3 Å². The van der Waals surface area contributed by atoms with Crippen LogP contribution in [0.5, 0.6) is 5.75 Å². The molecule has 3 heteroatoms. The minimum absolute atomic E-state index is 0.0991. The molecule has 0 amide bonds. The van der Waals surface area contributed by atoms with E-state index in [9.17, 15) is 15.3 Å². The first-order valence-corrected chi connectivity index (χ1v) is 12.9. The molecule has 0 fully saturated rings. The lowest BCUT2D eigenvalue weighted by atomic mass is 9.90. The molecule has 3 aromatic carbocycles. The van der Waals surface area contributed by atoms with E-state index in [-0.39, 0.29) is 13.2 Å². The number of unbranched alkanes of at least 4 members (excludes halogenated alkanes) is 2. The van der Waals surface area contributed by atoms with Crippen molar-refractivity contribution in [2.45, 2.75) is 71.6 Å². The lowest BCUT2D eigenvalue weighted by Crippen LogP contribution is -1.98. The van der Waals surface area contributed by atoms with E-state index >= 15 is 0 Å². The van der Waals surface area contributed by atoms with E-state index in [0.29, 0.717) is 31.4 Å². The standard InChI is InChI=1S/C31H40O3/c1-3-5-6-9-23-12-14-25(15-13-23)26-16-17-30(24(4-2)20-26)29-21-27(10-7-18-32)31(34)28(22-29)11-8-19-33/h12-17,20-22,32-34H,3-11,18-19H2,1-2H3. The molecule has 0 saturated carbocycles. The maximum atomic E-state index is 10.8. The van der Waals surface area contributed by atoms with E-state index in [1.807, 2.05) is 0 Å². The van der Waals surface area contributed by atoms with Gasteiger partial charge in [0, 0.05) is 13.2 Å². The summed E-state index contributed by atoms with van der Waals surface area (Å²) >= 11 is 0. The molecular formula is C31H40O3. The summed E-state index contributed by atoms with van der Waals surface area (Å²) in [5.41, 5.74) is 9.13. The second-order valence-corrected chi connectivity index (χ2v) is 9.18. The molecule has 0 radical (unpaired) electrons. The fraction of sp³-hybridized carbons (Fsp3) is 0.419. The number of hydrogen-bond acceptors (Lipinski definition) is 3. The Balaban J connectivity index is 1.93. The molecule has 3 nitrogen and oxygen atoms in total. The van der Waals surface area contributed by atoms with Gasteiger partial charge in [-0.25, -0.2) is 0 Å². The van der Waals surface area contributed by atoms with Gasteiger partial charge in [0.2, 0.25) is 0 Å². The highest BCUT2D eigenvalue weighted by molar-refractivity contribution is 5.75. The first kappa shape index (κ1) is 26.0. The lowest BCUT2D eigenvalue weighted by molar-refractivity contribution is 0.287. The van der Waals surface area contributed by atoms with Crippen LogP contribution in [0, 0.1) is 0 Å². The van der Waals surface area contributed by atoms with Crippen LogP contribution in [0.15, 0.2) is 54.6 Å². The summed E-state index contributed by atoms with van der Waals surface area (Å²) in [4.78, 5) is 0. The third-order valence-corrected chi connectivity index (χ3v) is 6.63. The predicted molar refractivity (Wildman–Crippen MR) is 142 cm³/mol. The zero-order chi connectivity index (χ0) is 24.3. The SMILES string of the molecule is CCCCCc1ccc(-c2ccc(-c3cc(CCCO)c(O)c(CCCO)c3)c(CC)c2)cc1. The first-order chi connectivity index (χ1) is 16.6. The van der Waals surface area contributed by atoms with Gasteiger partial charge in [0.15, 0.2) is 0 Å². The predicted octanol–water partition coefficient (Wildman–Crippen LogP) is 6.87. The summed E-state index contributed by atoms with van der Waals surface area (Å²) in [5, 5.41) is 29.3. The second-order valence-electron chi connectivity index (χ2n) is 9.18. The highest BCUT2D eigenvalue weighted by atomic mass is 16.3. The number of phenols is 1. The van der Waals surface area contributed by atoms with Crippen molar-refractivity contribution in [2.75, 3.05) is 13.2 Å². The van der Waals surface area contributed by atoms with E-state index in [0.717, 1.165) is 29.5 Å². The number of phenolic OH excluding ortho intramolecular Hbond substituents is 1. The van der Waals surface area contributed by atoms with Gasteiger partial charge in [0.1, 0.15) is 5.75 Å². The molecule has 34 heavy (non-hydrogen) atoms. The molecule has 0 aromatic heterocycles. The molecule has 0 atom stereocenters. The van der Waals surface area contributed by atoms with E-state index in [1.165, 1.54) is 47.1 Å². The Morgan fingerprint density at radius 3 is 1.74 bits per heavy atom. The van der Waals surface area contributed by atoms with Gasteiger partial charge in [0.05, 0.1) is 0 Å². The van der Waals surface area contributed by atoms with Crippen LogP contribution in [0.1, 0.15) is 68.2 Å². The van der Waals surface area contributed by atoms with E-state index < -0.39 is 0 Å². The summed E-state index contributed by atoms with van der Waals surface area (Å²) in [6.07, 6.45) is 8.33. The minimum atomic E-state index is 0.0991. The maximum Gasteiger partial charge on any atom is 0.121 e. The fourth-order valence-corrected chi connectivity index (χ4v) is 4.63. The Morgan fingerprint density at radius 2 is 1.18 bits per heavy atom. The van der Waals surface area contributed by atoms with Crippen LogP contribution in [0.4, 0.5) is 0 Å².